The first-order valence-corrected chi connectivity index (χ1v) is 15.0. The highest BCUT2D eigenvalue weighted by atomic mass is 16.8. The van der Waals surface area contributed by atoms with Gasteiger partial charge in [0.2, 0.25) is 0 Å². The second kappa shape index (κ2) is 13.1. The third kappa shape index (κ3) is 8.01. The Labute approximate surface area is 251 Å². The van der Waals surface area contributed by atoms with Gasteiger partial charge in [0.1, 0.15) is 5.60 Å². The van der Waals surface area contributed by atoms with Crippen molar-refractivity contribution in [2.24, 2.45) is 5.41 Å². The number of hydrogen-bond acceptors (Lipinski definition) is 5. The smallest absolute Gasteiger partial charge is 0.442 e. The number of nitrogens with one attached hydrogen (secondary N) is 1. The lowest BCUT2D eigenvalue weighted by Gasteiger charge is -2.43. The summed E-state index contributed by atoms with van der Waals surface area (Å²) in [4.78, 5) is 31.8. The van der Waals surface area contributed by atoms with Gasteiger partial charge in [-0.2, -0.15) is 0 Å². The molecule has 0 radical (unpaired) electrons. The van der Waals surface area contributed by atoms with Gasteiger partial charge in [-0.05, 0) is 68.6 Å². The highest BCUT2D eigenvalue weighted by molar-refractivity contribution is 5.74. The monoisotopic (exact) mass is 570 g/mol. The van der Waals surface area contributed by atoms with E-state index in [1.165, 1.54) is 5.06 Å². The van der Waals surface area contributed by atoms with Crippen molar-refractivity contribution in [3.8, 4) is 0 Å². The molecule has 42 heavy (non-hydrogen) atoms. The lowest BCUT2D eigenvalue weighted by Crippen LogP contribution is -2.53. The number of nitrogens with zero attached hydrogens (tertiary/aromatic N) is 1. The minimum absolute atomic E-state index is 0.160. The molecule has 224 valence electrons. The Morgan fingerprint density at radius 1 is 0.714 bits per heavy atom. The van der Waals surface area contributed by atoms with Gasteiger partial charge in [-0.1, -0.05) is 112 Å². The van der Waals surface area contributed by atoms with Gasteiger partial charge < -0.3 is 9.57 Å². The van der Waals surface area contributed by atoms with Gasteiger partial charge in [0, 0.05) is 6.04 Å². The van der Waals surface area contributed by atoms with E-state index < -0.39 is 23.2 Å². The van der Waals surface area contributed by atoms with E-state index >= 15 is 0 Å². The van der Waals surface area contributed by atoms with E-state index in [2.05, 4.69) is 78.1 Å². The van der Waals surface area contributed by atoms with Gasteiger partial charge in [-0.15, -0.1) is 5.06 Å². The van der Waals surface area contributed by atoms with Crippen LogP contribution in [-0.4, -0.2) is 34.8 Å². The van der Waals surface area contributed by atoms with Crippen LogP contribution in [0.3, 0.4) is 0 Å². The molecule has 0 aliphatic heterocycles. The number of hydroxylamine groups is 2. The number of ether oxygens (including phenoxy) is 1. The Hall–Kier alpha value is -3.64. The van der Waals surface area contributed by atoms with Crippen molar-refractivity contribution in [3.63, 3.8) is 0 Å². The van der Waals surface area contributed by atoms with Crippen molar-refractivity contribution in [1.82, 2.24) is 10.4 Å². The maximum absolute atomic E-state index is 13.2. The van der Waals surface area contributed by atoms with Gasteiger partial charge in [0.15, 0.2) is 0 Å². The Balaban J connectivity index is 1.60. The predicted molar refractivity (Wildman–Crippen MR) is 167 cm³/mol. The van der Waals surface area contributed by atoms with Gasteiger partial charge in [-0.25, -0.2) is 9.59 Å². The first-order chi connectivity index (χ1) is 19.9. The van der Waals surface area contributed by atoms with Crippen LogP contribution < -0.4 is 5.32 Å². The molecule has 1 fully saturated rings. The molecule has 3 aromatic rings. The second-order valence-corrected chi connectivity index (χ2v) is 13.5. The number of carbonyl (C=O) groups is 2. The van der Waals surface area contributed by atoms with Crippen LogP contribution in [0.5, 0.6) is 0 Å². The third-order valence-corrected chi connectivity index (χ3v) is 7.52. The normalized spacial score (nSPS) is 17.8. The molecule has 6 heteroatoms. The summed E-state index contributed by atoms with van der Waals surface area (Å²) in [7, 11) is 0. The van der Waals surface area contributed by atoms with E-state index in [0.717, 1.165) is 29.5 Å². The number of hydrogen-bond donors (Lipinski definition) is 1. The number of amides is 1. The SMILES string of the molecule is CC(C)(C)CC(=O)ON(C(=O)OC(C)(C)C)C1CCC(NC(c2ccccc2)(c2ccccc2)c2ccccc2)CC1. The minimum atomic E-state index is -0.703. The fourth-order valence-corrected chi connectivity index (χ4v) is 5.72. The van der Waals surface area contributed by atoms with Crippen molar-refractivity contribution in [2.45, 2.75) is 96.9 Å². The lowest BCUT2D eigenvalue weighted by molar-refractivity contribution is -0.198. The minimum Gasteiger partial charge on any atom is -0.442 e. The molecule has 0 heterocycles. The molecule has 6 nitrogen and oxygen atoms in total. The molecule has 1 amide bonds. The van der Waals surface area contributed by atoms with Crippen LogP contribution in [-0.2, 0) is 19.9 Å². The summed E-state index contributed by atoms with van der Waals surface area (Å²) < 4.78 is 5.66. The van der Waals surface area contributed by atoms with Gasteiger partial charge in [0.05, 0.1) is 18.0 Å². The molecule has 3 aromatic carbocycles. The highest BCUT2D eigenvalue weighted by Crippen LogP contribution is 2.39. The standard InChI is InChI=1S/C36H46N2O4/c1-34(2,3)26-32(39)42-38(33(40)41-35(4,5)6)31-24-22-30(23-25-31)37-36(27-16-10-7-11-17-27,28-18-12-8-13-19-28)29-20-14-9-15-21-29/h7-21,30-31,37H,22-26H2,1-6H3. The molecular weight excluding hydrogens is 524 g/mol. The van der Waals surface area contributed by atoms with Crippen molar-refractivity contribution < 1.29 is 19.2 Å². The summed E-state index contributed by atoms with van der Waals surface area (Å²) in [5.74, 6) is -0.426. The maximum atomic E-state index is 13.2. The summed E-state index contributed by atoms with van der Waals surface area (Å²) in [5.41, 5.74) is 1.97. The van der Waals surface area contributed by atoms with Gasteiger partial charge in [-0.3, -0.25) is 5.32 Å². The quantitative estimate of drug-likeness (QED) is 0.230. The lowest BCUT2D eigenvalue weighted by atomic mass is 9.75. The van der Waals surface area contributed by atoms with Crippen LogP contribution in [0.25, 0.3) is 0 Å². The number of rotatable bonds is 7. The van der Waals surface area contributed by atoms with E-state index in [9.17, 15) is 9.59 Å². The van der Waals surface area contributed by atoms with Crippen molar-refractivity contribution in [2.75, 3.05) is 0 Å². The Kier molecular flexibility index (Phi) is 9.78. The second-order valence-electron chi connectivity index (χ2n) is 13.5. The Morgan fingerprint density at radius 3 is 1.52 bits per heavy atom. The van der Waals surface area contributed by atoms with Crippen LogP contribution in [0.2, 0.25) is 0 Å². The summed E-state index contributed by atoms with van der Waals surface area (Å²) >= 11 is 0. The fourth-order valence-electron chi connectivity index (χ4n) is 5.72. The van der Waals surface area contributed by atoms with Crippen LogP contribution in [0.1, 0.15) is 90.3 Å². The largest absolute Gasteiger partial charge is 0.444 e. The van der Waals surface area contributed by atoms with Crippen LogP contribution in [0.15, 0.2) is 91.0 Å². The van der Waals surface area contributed by atoms with E-state index in [-0.39, 0.29) is 23.9 Å². The molecule has 1 aliphatic rings. The molecule has 4 rings (SSSR count). The zero-order valence-corrected chi connectivity index (χ0v) is 25.9. The van der Waals surface area contributed by atoms with E-state index in [1.807, 2.05) is 59.7 Å². The topological polar surface area (TPSA) is 67.9 Å². The van der Waals surface area contributed by atoms with Gasteiger partial charge in [0.25, 0.3) is 0 Å². The van der Waals surface area contributed by atoms with E-state index in [1.54, 1.807) is 0 Å². The predicted octanol–water partition coefficient (Wildman–Crippen LogP) is 8.01. The van der Waals surface area contributed by atoms with Crippen molar-refractivity contribution >= 4 is 12.1 Å². The Morgan fingerprint density at radius 2 is 1.14 bits per heavy atom. The van der Waals surface area contributed by atoms with E-state index in [4.69, 9.17) is 9.57 Å². The van der Waals surface area contributed by atoms with E-state index in [0.29, 0.717) is 12.8 Å². The highest BCUT2D eigenvalue weighted by Gasteiger charge is 2.41. The molecule has 1 saturated carbocycles. The average molecular weight is 571 g/mol. The average Bonchev–Trinajstić information content (AvgIpc) is 2.95. The molecule has 0 bridgehead atoms. The first kappa shape index (κ1) is 31.3. The summed E-state index contributed by atoms with van der Waals surface area (Å²) in [6, 6.07) is 31.6. The van der Waals surface area contributed by atoms with Crippen LogP contribution in [0, 0.1) is 5.41 Å². The Bertz CT molecular complexity index is 1190. The number of carbonyl (C=O) groups excluding carboxylic acids is 2. The first-order valence-electron chi connectivity index (χ1n) is 15.0. The molecule has 0 unspecified atom stereocenters. The molecule has 0 spiro atoms. The summed E-state index contributed by atoms with van der Waals surface area (Å²) in [6.45, 7) is 11.4. The molecule has 1 aliphatic carbocycles. The van der Waals surface area contributed by atoms with Crippen LogP contribution in [0.4, 0.5) is 4.79 Å². The molecular formula is C36H46N2O4. The molecule has 0 saturated heterocycles. The fraction of sp³-hybridized carbons (Fsp3) is 0.444. The molecule has 1 N–H and O–H groups in total. The summed E-state index contributed by atoms with van der Waals surface area (Å²) in [6.07, 6.45) is 2.54. The molecule has 0 atom stereocenters. The maximum Gasteiger partial charge on any atom is 0.444 e. The third-order valence-electron chi connectivity index (χ3n) is 7.52. The summed E-state index contributed by atoms with van der Waals surface area (Å²) in [5, 5.41) is 5.28. The number of benzene rings is 3. The van der Waals surface area contributed by atoms with Crippen molar-refractivity contribution in [3.05, 3.63) is 108 Å². The zero-order valence-electron chi connectivity index (χ0n) is 25.9. The van der Waals surface area contributed by atoms with Crippen molar-refractivity contribution in [1.29, 1.82) is 0 Å². The zero-order chi connectivity index (χ0) is 30.4. The molecule has 0 aromatic heterocycles. The van der Waals surface area contributed by atoms with Crippen LogP contribution >= 0.6 is 0 Å². The van der Waals surface area contributed by atoms with Gasteiger partial charge >= 0.3 is 12.1 Å².